The molecule has 2 rings (SSSR count). The molecule has 1 atom stereocenters. The predicted octanol–water partition coefficient (Wildman–Crippen LogP) is 2.53. The fourth-order valence-electron chi connectivity index (χ4n) is 2.09. The summed E-state index contributed by atoms with van der Waals surface area (Å²) in [7, 11) is 0. The summed E-state index contributed by atoms with van der Waals surface area (Å²) in [4.78, 5) is 12.0. The number of halogens is 4. The van der Waals surface area contributed by atoms with E-state index >= 15 is 0 Å². The Labute approximate surface area is 117 Å². The SMILES string of the molecule is O=C(Nc1ccc(O)c(Cl)c1)C1(C(F)(F)F)CCNC1. The summed E-state index contributed by atoms with van der Waals surface area (Å²) in [5, 5.41) is 14.0. The molecule has 1 fully saturated rings. The summed E-state index contributed by atoms with van der Waals surface area (Å²) in [6.07, 6.45) is -4.95. The van der Waals surface area contributed by atoms with Gasteiger partial charge in [-0.1, -0.05) is 11.6 Å². The first-order valence-corrected chi connectivity index (χ1v) is 6.21. The lowest BCUT2D eigenvalue weighted by Gasteiger charge is -2.29. The molecule has 0 radical (unpaired) electrons. The van der Waals surface area contributed by atoms with Gasteiger partial charge in [-0.3, -0.25) is 4.79 Å². The van der Waals surface area contributed by atoms with Crippen LogP contribution in [0.15, 0.2) is 18.2 Å². The largest absolute Gasteiger partial charge is 0.506 e. The first kappa shape index (κ1) is 14.9. The molecule has 0 aliphatic carbocycles. The van der Waals surface area contributed by atoms with Crippen LogP contribution in [0.1, 0.15) is 6.42 Å². The highest BCUT2D eigenvalue weighted by atomic mass is 35.5. The third-order valence-electron chi connectivity index (χ3n) is 3.34. The van der Waals surface area contributed by atoms with Crippen LogP contribution in [0.2, 0.25) is 5.02 Å². The minimum absolute atomic E-state index is 0.0478. The molecular formula is C12H12ClF3N2O2. The molecule has 20 heavy (non-hydrogen) atoms. The number of amides is 1. The van der Waals surface area contributed by atoms with E-state index in [4.69, 9.17) is 11.6 Å². The van der Waals surface area contributed by atoms with Gasteiger partial charge in [-0.05, 0) is 31.2 Å². The van der Waals surface area contributed by atoms with Crippen LogP contribution >= 0.6 is 11.6 Å². The molecule has 1 aliphatic rings. The van der Waals surface area contributed by atoms with E-state index in [1.807, 2.05) is 0 Å². The number of hydrogen-bond acceptors (Lipinski definition) is 3. The zero-order valence-corrected chi connectivity index (χ0v) is 11.0. The van der Waals surface area contributed by atoms with Gasteiger partial charge in [0.1, 0.15) is 5.75 Å². The predicted molar refractivity (Wildman–Crippen MR) is 67.7 cm³/mol. The maximum atomic E-state index is 13.1. The van der Waals surface area contributed by atoms with Gasteiger partial charge in [-0.25, -0.2) is 0 Å². The monoisotopic (exact) mass is 308 g/mol. The number of hydrogen-bond donors (Lipinski definition) is 3. The van der Waals surface area contributed by atoms with E-state index in [-0.39, 0.29) is 29.4 Å². The van der Waals surface area contributed by atoms with Crippen molar-refractivity contribution in [2.75, 3.05) is 18.4 Å². The van der Waals surface area contributed by atoms with Gasteiger partial charge in [0, 0.05) is 12.2 Å². The normalized spacial score (nSPS) is 22.8. The van der Waals surface area contributed by atoms with Crippen molar-refractivity contribution in [3.63, 3.8) is 0 Å². The van der Waals surface area contributed by atoms with E-state index < -0.39 is 24.0 Å². The van der Waals surface area contributed by atoms with Crippen molar-refractivity contribution in [3.05, 3.63) is 23.2 Å². The minimum atomic E-state index is -4.64. The molecule has 1 heterocycles. The number of phenols is 1. The molecule has 1 aromatic carbocycles. The molecular weight excluding hydrogens is 297 g/mol. The lowest BCUT2D eigenvalue weighted by Crippen LogP contribution is -2.49. The van der Waals surface area contributed by atoms with Gasteiger partial charge in [-0.2, -0.15) is 13.2 Å². The maximum absolute atomic E-state index is 13.1. The van der Waals surface area contributed by atoms with E-state index in [1.165, 1.54) is 18.2 Å². The summed E-state index contributed by atoms with van der Waals surface area (Å²) in [6, 6.07) is 3.68. The molecule has 4 nitrogen and oxygen atoms in total. The van der Waals surface area contributed by atoms with Crippen molar-refractivity contribution in [1.82, 2.24) is 5.32 Å². The molecule has 0 spiro atoms. The Morgan fingerprint density at radius 1 is 1.45 bits per heavy atom. The first-order valence-electron chi connectivity index (χ1n) is 5.84. The van der Waals surface area contributed by atoms with Crippen LogP contribution in [-0.2, 0) is 4.79 Å². The van der Waals surface area contributed by atoms with E-state index in [1.54, 1.807) is 0 Å². The van der Waals surface area contributed by atoms with Crippen LogP contribution < -0.4 is 10.6 Å². The van der Waals surface area contributed by atoms with Crippen LogP contribution in [0, 0.1) is 5.41 Å². The lowest BCUT2D eigenvalue weighted by atomic mass is 9.85. The third kappa shape index (κ3) is 2.55. The van der Waals surface area contributed by atoms with E-state index in [0.717, 1.165) is 0 Å². The van der Waals surface area contributed by atoms with Crippen molar-refractivity contribution >= 4 is 23.2 Å². The molecule has 3 N–H and O–H groups in total. The summed E-state index contributed by atoms with van der Waals surface area (Å²) in [5.74, 6) is -1.34. The Kier molecular flexibility index (Phi) is 3.84. The summed E-state index contributed by atoms with van der Waals surface area (Å²) >= 11 is 5.65. The smallest absolute Gasteiger partial charge is 0.404 e. The van der Waals surface area contributed by atoms with Gasteiger partial charge in [-0.15, -0.1) is 0 Å². The van der Waals surface area contributed by atoms with Gasteiger partial charge in [0.15, 0.2) is 5.41 Å². The van der Waals surface area contributed by atoms with Crippen LogP contribution in [-0.4, -0.2) is 30.3 Å². The fraction of sp³-hybridized carbons (Fsp3) is 0.417. The third-order valence-corrected chi connectivity index (χ3v) is 3.64. The number of aromatic hydroxyl groups is 1. The molecule has 110 valence electrons. The molecule has 1 saturated heterocycles. The summed E-state index contributed by atoms with van der Waals surface area (Å²) in [6.45, 7) is -0.322. The Hall–Kier alpha value is -1.47. The average Bonchev–Trinajstić information content (AvgIpc) is 2.84. The number of nitrogens with one attached hydrogen (secondary N) is 2. The standard InChI is InChI=1S/C12H12ClF3N2O2/c13-8-5-7(1-2-9(8)19)18-10(20)11(12(14,15)16)3-4-17-6-11/h1-2,5,17,19H,3-4,6H2,(H,18,20). The molecule has 0 saturated carbocycles. The summed E-state index contributed by atoms with van der Waals surface area (Å²) < 4.78 is 39.4. The first-order chi connectivity index (χ1) is 9.26. The Morgan fingerprint density at radius 3 is 2.65 bits per heavy atom. The van der Waals surface area contributed by atoms with Gasteiger partial charge < -0.3 is 15.7 Å². The van der Waals surface area contributed by atoms with Crippen molar-refractivity contribution in [2.45, 2.75) is 12.6 Å². The van der Waals surface area contributed by atoms with Crippen LogP contribution in [0.3, 0.4) is 0 Å². The number of phenolic OH excluding ortho intramolecular Hbond substituents is 1. The summed E-state index contributed by atoms with van der Waals surface area (Å²) in [5.41, 5.74) is -2.33. The minimum Gasteiger partial charge on any atom is -0.506 e. The number of rotatable bonds is 2. The molecule has 1 unspecified atom stereocenters. The average molecular weight is 309 g/mol. The number of carbonyl (C=O) groups excluding carboxylic acids is 1. The van der Waals surface area contributed by atoms with Gasteiger partial charge in [0.2, 0.25) is 5.91 Å². The molecule has 1 amide bonds. The van der Waals surface area contributed by atoms with Gasteiger partial charge >= 0.3 is 6.18 Å². The quantitative estimate of drug-likeness (QED) is 0.736. The van der Waals surface area contributed by atoms with Crippen molar-refractivity contribution in [3.8, 4) is 5.75 Å². The lowest BCUT2D eigenvalue weighted by molar-refractivity contribution is -0.213. The number of benzene rings is 1. The zero-order chi connectivity index (χ0) is 15.0. The highest BCUT2D eigenvalue weighted by Crippen LogP contribution is 2.44. The van der Waals surface area contributed by atoms with Gasteiger partial charge in [0.25, 0.3) is 0 Å². The fourth-order valence-corrected chi connectivity index (χ4v) is 2.27. The molecule has 0 bridgehead atoms. The van der Waals surface area contributed by atoms with E-state index in [9.17, 15) is 23.1 Å². The molecule has 0 aromatic heterocycles. The highest BCUT2D eigenvalue weighted by Gasteiger charge is 2.61. The van der Waals surface area contributed by atoms with Crippen LogP contribution in [0.4, 0.5) is 18.9 Å². The second-order valence-corrected chi connectivity index (χ2v) is 5.03. The number of carbonyl (C=O) groups is 1. The Morgan fingerprint density at radius 2 is 2.15 bits per heavy atom. The highest BCUT2D eigenvalue weighted by molar-refractivity contribution is 6.32. The zero-order valence-electron chi connectivity index (χ0n) is 10.2. The van der Waals surface area contributed by atoms with Crippen molar-refractivity contribution in [1.29, 1.82) is 0 Å². The van der Waals surface area contributed by atoms with Crippen molar-refractivity contribution < 1.29 is 23.1 Å². The Bertz CT molecular complexity index is 528. The second-order valence-electron chi connectivity index (χ2n) is 4.63. The Balaban J connectivity index is 2.23. The molecule has 1 aliphatic heterocycles. The maximum Gasteiger partial charge on any atom is 0.404 e. The molecule has 1 aromatic rings. The number of anilines is 1. The molecule has 8 heteroatoms. The number of alkyl halides is 3. The van der Waals surface area contributed by atoms with Crippen LogP contribution in [0.25, 0.3) is 0 Å². The second kappa shape index (κ2) is 5.14. The van der Waals surface area contributed by atoms with Gasteiger partial charge in [0.05, 0.1) is 5.02 Å². The van der Waals surface area contributed by atoms with E-state index in [0.29, 0.717) is 0 Å². The van der Waals surface area contributed by atoms with Crippen molar-refractivity contribution in [2.24, 2.45) is 5.41 Å². The topological polar surface area (TPSA) is 61.4 Å². The van der Waals surface area contributed by atoms with Crippen LogP contribution in [0.5, 0.6) is 5.75 Å². The van der Waals surface area contributed by atoms with E-state index in [2.05, 4.69) is 10.6 Å².